The van der Waals surface area contributed by atoms with E-state index in [1.165, 1.54) is 18.2 Å². The second kappa shape index (κ2) is 7.20. The number of rotatable bonds is 5. The van der Waals surface area contributed by atoms with E-state index in [9.17, 15) is 14.9 Å². The molecule has 132 valence electrons. The lowest BCUT2D eigenvalue weighted by atomic mass is 9.87. The Kier molecular flexibility index (Phi) is 5.00. The van der Waals surface area contributed by atoms with E-state index in [0.717, 1.165) is 0 Å². The van der Waals surface area contributed by atoms with Crippen LogP contribution in [0, 0.1) is 10.1 Å². The molecule has 0 unspecified atom stereocenters. The second-order valence-corrected chi connectivity index (χ2v) is 6.35. The number of aromatic nitrogens is 2. The van der Waals surface area contributed by atoms with Crippen LogP contribution in [0.4, 0.5) is 5.69 Å². The summed E-state index contributed by atoms with van der Waals surface area (Å²) < 4.78 is 1.69. The fraction of sp³-hybridized carbons (Fsp3) is 0.375. The van der Waals surface area contributed by atoms with E-state index in [4.69, 9.17) is 11.6 Å². The minimum absolute atomic E-state index is 0.0581. The Morgan fingerprint density at radius 2 is 2.20 bits per heavy atom. The molecular weight excluding hydrogens is 346 g/mol. The van der Waals surface area contributed by atoms with Crippen molar-refractivity contribution in [1.82, 2.24) is 20.4 Å². The predicted molar refractivity (Wildman–Crippen MR) is 92.3 cm³/mol. The van der Waals surface area contributed by atoms with Gasteiger partial charge < -0.3 is 10.6 Å². The number of nitro groups is 1. The van der Waals surface area contributed by atoms with Crippen LogP contribution in [-0.4, -0.2) is 33.7 Å². The monoisotopic (exact) mass is 363 g/mol. The molecule has 1 saturated heterocycles. The SMILES string of the molecule is O=C(NCc1cc([N+](=O)[O-])ccc1Cl)C1(n2cccn2)CCNCC1. The molecule has 0 saturated carbocycles. The van der Waals surface area contributed by atoms with Gasteiger partial charge in [-0.15, -0.1) is 0 Å². The van der Waals surface area contributed by atoms with Crippen LogP contribution < -0.4 is 10.6 Å². The number of piperidine rings is 1. The molecule has 3 rings (SSSR count). The molecule has 0 aliphatic carbocycles. The maximum absolute atomic E-state index is 12.9. The first-order valence-corrected chi connectivity index (χ1v) is 8.33. The van der Waals surface area contributed by atoms with Crippen molar-refractivity contribution in [2.75, 3.05) is 13.1 Å². The van der Waals surface area contributed by atoms with Gasteiger partial charge in [0.2, 0.25) is 5.91 Å². The van der Waals surface area contributed by atoms with Crippen LogP contribution in [0.25, 0.3) is 0 Å². The lowest BCUT2D eigenvalue weighted by molar-refractivity contribution is -0.384. The largest absolute Gasteiger partial charge is 0.350 e. The molecule has 9 heteroatoms. The molecule has 0 bridgehead atoms. The highest BCUT2D eigenvalue weighted by molar-refractivity contribution is 6.31. The van der Waals surface area contributed by atoms with Crippen LogP contribution in [0.15, 0.2) is 36.7 Å². The molecule has 1 aliphatic heterocycles. The molecule has 1 aromatic carbocycles. The third kappa shape index (κ3) is 3.49. The van der Waals surface area contributed by atoms with Crippen molar-refractivity contribution in [3.8, 4) is 0 Å². The average Bonchev–Trinajstić information content (AvgIpc) is 3.16. The maximum Gasteiger partial charge on any atom is 0.269 e. The van der Waals surface area contributed by atoms with E-state index in [2.05, 4.69) is 15.7 Å². The summed E-state index contributed by atoms with van der Waals surface area (Å²) in [7, 11) is 0. The Morgan fingerprint density at radius 3 is 2.84 bits per heavy atom. The highest BCUT2D eigenvalue weighted by Crippen LogP contribution is 2.28. The first-order chi connectivity index (χ1) is 12.0. The normalized spacial score (nSPS) is 16.4. The first-order valence-electron chi connectivity index (χ1n) is 7.95. The van der Waals surface area contributed by atoms with Crippen molar-refractivity contribution in [1.29, 1.82) is 0 Å². The van der Waals surface area contributed by atoms with Gasteiger partial charge in [-0.3, -0.25) is 19.6 Å². The molecule has 2 aromatic rings. The van der Waals surface area contributed by atoms with Gasteiger partial charge in [0.05, 0.1) is 4.92 Å². The number of halogens is 1. The Morgan fingerprint density at radius 1 is 1.44 bits per heavy atom. The number of carbonyl (C=O) groups excluding carboxylic acids is 1. The van der Waals surface area contributed by atoms with Gasteiger partial charge in [0.25, 0.3) is 5.69 Å². The molecule has 0 atom stereocenters. The van der Waals surface area contributed by atoms with Gasteiger partial charge >= 0.3 is 0 Å². The van der Waals surface area contributed by atoms with Gasteiger partial charge in [0.1, 0.15) is 5.54 Å². The van der Waals surface area contributed by atoms with E-state index in [1.807, 2.05) is 0 Å². The van der Waals surface area contributed by atoms with E-state index in [1.54, 1.807) is 23.1 Å². The zero-order valence-electron chi connectivity index (χ0n) is 13.4. The quantitative estimate of drug-likeness (QED) is 0.623. The minimum atomic E-state index is -0.762. The van der Waals surface area contributed by atoms with Crippen LogP contribution in [0.2, 0.25) is 5.02 Å². The fourth-order valence-corrected chi connectivity index (χ4v) is 3.26. The van der Waals surface area contributed by atoms with Crippen molar-refractivity contribution in [2.45, 2.75) is 24.9 Å². The number of nitrogens with zero attached hydrogens (tertiary/aromatic N) is 3. The molecule has 1 fully saturated rings. The Bertz CT molecular complexity index is 772. The van der Waals surface area contributed by atoms with E-state index in [-0.39, 0.29) is 18.1 Å². The Hall–Kier alpha value is -2.45. The van der Waals surface area contributed by atoms with E-state index < -0.39 is 10.5 Å². The summed E-state index contributed by atoms with van der Waals surface area (Å²) in [6.07, 6.45) is 4.66. The number of carbonyl (C=O) groups is 1. The number of amides is 1. The van der Waals surface area contributed by atoms with Gasteiger partial charge in [-0.05, 0) is 43.6 Å². The molecule has 8 nitrogen and oxygen atoms in total. The summed E-state index contributed by atoms with van der Waals surface area (Å²) in [6, 6.07) is 5.97. The number of benzene rings is 1. The fourth-order valence-electron chi connectivity index (χ4n) is 3.07. The molecule has 2 heterocycles. The molecular formula is C16H18ClN5O3. The lowest BCUT2D eigenvalue weighted by Gasteiger charge is -2.36. The van der Waals surface area contributed by atoms with Gasteiger partial charge in [-0.25, -0.2) is 0 Å². The molecule has 2 N–H and O–H groups in total. The third-order valence-electron chi connectivity index (χ3n) is 4.48. The molecule has 0 spiro atoms. The number of non-ortho nitro benzene ring substituents is 1. The average molecular weight is 364 g/mol. The molecule has 1 aromatic heterocycles. The highest BCUT2D eigenvalue weighted by atomic mass is 35.5. The number of hydrogen-bond donors (Lipinski definition) is 2. The standard InChI is InChI=1S/C16H18ClN5O3/c17-14-3-2-13(22(24)25)10-12(14)11-19-15(23)16(4-7-18-8-5-16)21-9-1-6-20-21/h1-3,6,9-10,18H,4-5,7-8,11H2,(H,19,23). The van der Waals surface area contributed by atoms with Crippen molar-refractivity contribution in [3.63, 3.8) is 0 Å². The number of hydrogen-bond acceptors (Lipinski definition) is 5. The summed E-state index contributed by atoms with van der Waals surface area (Å²) >= 11 is 6.10. The minimum Gasteiger partial charge on any atom is -0.350 e. The number of nitrogens with one attached hydrogen (secondary N) is 2. The van der Waals surface area contributed by atoms with Crippen molar-refractivity contribution in [2.24, 2.45) is 0 Å². The van der Waals surface area contributed by atoms with Crippen LogP contribution >= 0.6 is 11.6 Å². The van der Waals surface area contributed by atoms with Crippen molar-refractivity contribution < 1.29 is 9.72 Å². The van der Waals surface area contributed by atoms with Gasteiger partial charge in [0, 0.05) is 36.1 Å². The first kappa shape index (κ1) is 17.4. The van der Waals surface area contributed by atoms with E-state index in [0.29, 0.717) is 36.5 Å². The third-order valence-corrected chi connectivity index (χ3v) is 4.84. The van der Waals surface area contributed by atoms with Gasteiger partial charge in [-0.2, -0.15) is 5.10 Å². The molecule has 1 aliphatic rings. The van der Waals surface area contributed by atoms with Crippen LogP contribution in [-0.2, 0) is 16.9 Å². The summed E-state index contributed by atoms with van der Waals surface area (Å²) in [5.41, 5.74) is -0.312. The van der Waals surface area contributed by atoms with Crippen LogP contribution in [0.5, 0.6) is 0 Å². The maximum atomic E-state index is 12.9. The lowest BCUT2D eigenvalue weighted by Crippen LogP contribution is -2.54. The predicted octanol–water partition coefficient (Wildman–Crippen LogP) is 1.84. The zero-order valence-corrected chi connectivity index (χ0v) is 14.2. The van der Waals surface area contributed by atoms with Gasteiger partial charge in [-0.1, -0.05) is 11.6 Å². The number of nitro benzene ring substituents is 1. The topological polar surface area (TPSA) is 102 Å². The molecule has 25 heavy (non-hydrogen) atoms. The van der Waals surface area contributed by atoms with Crippen molar-refractivity contribution in [3.05, 3.63) is 57.4 Å². The Balaban J connectivity index is 1.79. The summed E-state index contributed by atoms with van der Waals surface area (Å²) in [5, 5.41) is 21.7. The zero-order chi connectivity index (χ0) is 17.9. The second-order valence-electron chi connectivity index (χ2n) is 5.95. The van der Waals surface area contributed by atoms with Crippen LogP contribution in [0.3, 0.4) is 0 Å². The Labute approximate surface area is 149 Å². The highest BCUT2D eigenvalue weighted by Gasteiger charge is 2.41. The summed E-state index contributed by atoms with van der Waals surface area (Å²) in [6.45, 7) is 1.55. The van der Waals surface area contributed by atoms with E-state index >= 15 is 0 Å². The van der Waals surface area contributed by atoms with Gasteiger partial charge in [0.15, 0.2) is 0 Å². The molecule has 0 radical (unpaired) electrons. The molecule has 1 amide bonds. The summed E-state index contributed by atoms with van der Waals surface area (Å²) in [5.74, 6) is -0.166. The summed E-state index contributed by atoms with van der Waals surface area (Å²) in [4.78, 5) is 23.4. The smallest absolute Gasteiger partial charge is 0.269 e. The van der Waals surface area contributed by atoms with Crippen molar-refractivity contribution >= 4 is 23.2 Å². The van der Waals surface area contributed by atoms with Crippen LogP contribution in [0.1, 0.15) is 18.4 Å².